The Labute approximate surface area is 131 Å². The van der Waals surface area contributed by atoms with E-state index in [0.717, 1.165) is 12.8 Å². The number of guanidine groups is 1. The number of aliphatic imine (C=N–C) groups is 1. The van der Waals surface area contributed by atoms with Crippen LogP contribution in [0.4, 0.5) is 0 Å². The van der Waals surface area contributed by atoms with E-state index in [1.807, 2.05) is 0 Å². The van der Waals surface area contributed by atoms with Crippen LogP contribution < -0.4 is 11.5 Å². The summed E-state index contributed by atoms with van der Waals surface area (Å²) >= 11 is 0. The van der Waals surface area contributed by atoms with Gasteiger partial charge < -0.3 is 16.6 Å². The highest BCUT2D eigenvalue weighted by molar-refractivity contribution is 5.75. The second-order valence-corrected chi connectivity index (χ2v) is 6.10. The molecule has 0 aromatic rings. The van der Waals surface area contributed by atoms with Crippen molar-refractivity contribution < 1.29 is 5.11 Å². The summed E-state index contributed by atoms with van der Waals surface area (Å²) in [6.45, 7) is 2.60. The van der Waals surface area contributed by atoms with Gasteiger partial charge in [-0.2, -0.15) is 0 Å². The summed E-state index contributed by atoms with van der Waals surface area (Å²) < 4.78 is 0. The molecule has 0 aromatic carbocycles. The molecule has 4 nitrogen and oxygen atoms in total. The number of aliphatic hydroxyl groups excluding tert-OH is 1. The lowest BCUT2D eigenvalue weighted by molar-refractivity contribution is 0.169. The first-order valence-corrected chi connectivity index (χ1v) is 8.90. The van der Waals surface area contributed by atoms with E-state index in [2.05, 4.69) is 11.9 Å². The molecule has 0 fully saturated rings. The minimum atomic E-state index is -0.393. The number of hydrogen-bond acceptors (Lipinski definition) is 2. The normalized spacial score (nSPS) is 12.3. The molecule has 0 aliphatic carbocycles. The Morgan fingerprint density at radius 1 is 0.810 bits per heavy atom. The van der Waals surface area contributed by atoms with Crippen LogP contribution in [0.2, 0.25) is 0 Å². The van der Waals surface area contributed by atoms with Gasteiger partial charge in [-0.15, -0.1) is 0 Å². The van der Waals surface area contributed by atoms with Crippen molar-refractivity contribution in [3.8, 4) is 0 Å². The zero-order chi connectivity index (χ0) is 15.8. The molecule has 0 amide bonds. The first-order chi connectivity index (χ1) is 10.2. The Balaban J connectivity index is 3.13. The first kappa shape index (κ1) is 20.2. The maximum atomic E-state index is 9.64. The topological polar surface area (TPSA) is 84.6 Å². The van der Waals surface area contributed by atoms with E-state index in [4.69, 9.17) is 11.5 Å². The molecular formula is C17H37N3O. The summed E-state index contributed by atoms with van der Waals surface area (Å²) in [5.74, 6) is 0.0590. The summed E-state index contributed by atoms with van der Waals surface area (Å²) in [5, 5.41) is 9.64. The maximum Gasteiger partial charge on any atom is 0.185 e. The Kier molecular flexibility index (Phi) is 15.0. The molecule has 21 heavy (non-hydrogen) atoms. The van der Waals surface area contributed by atoms with Crippen LogP contribution in [0.3, 0.4) is 0 Å². The molecule has 1 unspecified atom stereocenters. The second kappa shape index (κ2) is 15.6. The summed E-state index contributed by atoms with van der Waals surface area (Å²) in [6.07, 6.45) is 16.4. The molecular weight excluding hydrogens is 262 g/mol. The Morgan fingerprint density at radius 2 is 1.24 bits per heavy atom. The molecule has 0 bridgehead atoms. The molecule has 4 heteroatoms. The van der Waals surface area contributed by atoms with E-state index >= 15 is 0 Å². The van der Waals surface area contributed by atoms with Crippen molar-refractivity contribution in [2.45, 2.75) is 96.5 Å². The van der Waals surface area contributed by atoms with E-state index in [0.29, 0.717) is 6.54 Å². The van der Waals surface area contributed by atoms with Crippen molar-refractivity contribution in [2.75, 3.05) is 6.54 Å². The smallest absolute Gasteiger partial charge is 0.185 e. The first-order valence-electron chi connectivity index (χ1n) is 8.90. The lowest BCUT2D eigenvalue weighted by atomic mass is 10.0. The molecule has 0 aliphatic rings. The van der Waals surface area contributed by atoms with Crippen LogP contribution in [-0.4, -0.2) is 23.7 Å². The summed E-state index contributed by atoms with van der Waals surface area (Å²) in [4.78, 5) is 3.82. The zero-order valence-corrected chi connectivity index (χ0v) is 14.0. The Morgan fingerprint density at radius 3 is 1.67 bits per heavy atom. The van der Waals surface area contributed by atoms with Crippen LogP contribution in [0, 0.1) is 0 Å². The van der Waals surface area contributed by atoms with Crippen LogP contribution >= 0.6 is 0 Å². The van der Waals surface area contributed by atoms with E-state index in [9.17, 15) is 5.11 Å². The number of nitrogens with zero attached hydrogens (tertiary/aromatic N) is 1. The second-order valence-electron chi connectivity index (χ2n) is 6.10. The highest BCUT2D eigenvalue weighted by Gasteiger charge is 2.02. The number of aliphatic hydroxyl groups is 1. The van der Waals surface area contributed by atoms with Crippen molar-refractivity contribution in [3.63, 3.8) is 0 Å². The van der Waals surface area contributed by atoms with Gasteiger partial charge in [0.25, 0.3) is 0 Å². The highest BCUT2D eigenvalue weighted by atomic mass is 16.3. The lowest BCUT2D eigenvalue weighted by Crippen LogP contribution is -2.25. The molecule has 0 saturated heterocycles. The van der Waals surface area contributed by atoms with E-state index < -0.39 is 6.10 Å². The van der Waals surface area contributed by atoms with Crippen LogP contribution in [-0.2, 0) is 0 Å². The third kappa shape index (κ3) is 17.2. The number of hydrogen-bond donors (Lipinski definition) is 3. The standard InChI is InChI=1S/C17H37N3O/c1-2-3-4-5-6-7-8-9-10-11-12-13-14-16(21)15-20-17(18)19/h16,21H,2-15H2,1H3,(H4,18,19,20). The van der Waals surface area contributed by atoms with Gasteiger partial charge in [0.05, 0.1) is 12.6 Å². The molecule has 1 atom stereocenters. The molecule has 5 N–H and O–H groups in total. The largest absolute Gasteiger partial charge is 0.391 e. The van der Waals surface area contributed by atoms with Crippen molar-refractivity contribution in [1.29, 1.82) is 0 Å². The minimum absolute atomic E-state index is 0.0590. The third-order valence-electron chi connectivity index (χ3n) is 3.88. The van der Waals surface area contributed by atoms with Crippen LogP contribution in [0.25, 0.3) is 0 Å². The molecule has 0 spiro atoms. The highest BCUT2D eigenvalue weighted by Crippen LogP contribution is 2.13. The Bertz CT molecular complexity index is 240. The van der Waals surface area contributed by atoms with Gasteiger partial charge in [-0.3, -0.25) is 4.99 Å². The van der Waals surface area contributed by atoms with Gasteiger partial charge in [0.15, 0.2) is 5.96 Å². The van der Waals surface area contributed by atoms with Gasteiger partial charge in [0, 0.05) is 0 Å². The third-order valence-corrected chi connectivity index (χ3v) is 3.88. The lowest BCUT2D eigenvalue weighted by Gasteiger charge is -2.07. The Hall–Kier alpha value is -0.770. The maximum absolute atomic E-state index is 9.64. The summed E-state index contributed by atoms with van der Waals surface area (Å²) in [7, 11) is 0. The van der Waals surface area contributed by atoms with Gasteiger partial charge in [-0.05, 0) is 6.42 Å². The fourth-order valence-corrected chi connectivity index (χ4v) is 2.52. The van der Waals surface area contributed by atoms with Gasteiger partial charge in [0.2, 0.25) is 0 Å². The van der Waals surface area contributed by atoms with Gasteiger partial charge >= 0.3 is 0 Å². The van der Waals surface area contributed by atoms with Crippen molar-refractivity contribution in [2.24, 2.45) is 16.5 Å². The van der Waals surface area contributed by atoms with Crippen molar-refractivity contribution in [1.82, 2.24) is 0 Å². The SMILES string of the molecule is CCCCCCCCCCCCCCC(O)CN=C(N)N. The van der Waals surface area contributed by atoms with E-state index in [1.54, 1.807) is 0 Å². The zero-order valence-electron chi connectivity index (χ0n) is 14.0. The molecule has 0 radical (unpaired) electrons. The fraction of sp³-hybridized carbons (Fsp3) is 0.941. The van der Waals surface area contributed by atoms with Crippen LogP contribution in [0.5, 0.6) is 0 Å². The minimum Gasteiger partial charge on any atom is -0.391 e. The number of nitrogens with two attached hydrogens (primary N) is 2. The van der Waals surface area contributed by atoms with Crippen LogP contribution in [0.1, 0.15) is 90.4 Å². The van der Waals surface area contributed by atoms with Crippen molar-refractivity contribution >= 4 is 5.96 Å². The van der Waals surface area contributed by atoms with Gasteiger partial charge in [-0.1, -0.05) is 84.0 Å². The van der Waals surface area contributed by atoms with E-state index in [1.165, 1.54) is 70.6 Å². The monoisotopic (exact) mass is 299 g/mol. The van der Waals surface area contributed by atoms with Gasteiger partial charge in [-0.25, -0.2) is 0 Å². The summed E-state index contributed by atoms with van der Waals surface area (Å²) in [6, 6.07) is 0. The number of rotatable bonds is 15. The molecule has 0 aromatic heterocycles. The molecule has 0 aliphatic heterocycles. The molecule has 0 rings (SSSR count). The summed E-state index contributed by atoms with van der Waals surface area (Å²) in [5.41, 5.74) is 10.5. The molecule has 126 valence electrons. The quantitative estimate of drug-likeness (QED) is 0.245. The van der Waals surface area contributed by atoms with Gasteiger partial charge in [0.1, 0.15) is 0 Å². The molecule has 0 saturated carbocycles. The van der Waals surface area contributed by atoms with Crippen molar-refractivity contribution in [3.05, 3.63) is 0 Å². The molecule has 0 heterocycles. The predicted molar refractivity (Wildman–Crippen MR) is 92.4 cm³/mol. The fourth-order valence-electron chi connectivity index (χ4n) is 2.52. The van der Waals surface area contributed by atoms with Crippen LogP contribution in [0.15, 0.2) is 4.99 Å². The average Bonchev–Trinajstić information content (AvgIpc) is 2.46. The number of unbranched alkanes of at least 4 members (excludes halogenated alkanes) is 11. The average molecular weight is 300 g/mol. The predicted octanol–water partition coefficient (Wildman–Crippen LogP) is 3.71. The van der Waals surface area contributed by atoms with E-state index in [-0.39, 0.29) is 5.96 Å².